The summed E-state index contributed by atoms with van der Waals surface area (Å²) < 4.78 is 13.7. The molecule has 2 atom stereocenters. The number of hydrogen-bond donors (Lipinski definition) is 2. The maximum atomic E-state index is 13.7. The van der Waals surface area contributed by atoms with E-state index in [1.54, 1.807) is 6.07 Å². The van der Waals surface area contributed by atoms with Crippen molar-refractivity contribution < 1.29 is 14.3 Å². The number of aliphatic hydroxyl groups excluding tert-OH is 1. The van der Waals surface area contributed by atoms with Gasteiger partial charge in [-0.3, -0.25) is 4.79 Å². The number of carbonyl (C=O) groups excluding carboxylic acids is 1. The second-order valence-electron chi connectivity index (χ2n) is 5.57. The summed E-state index contributed by atoms with van der Waals surface area (Å²) in [7, 11) is 0. The van der Waals surface area contributed by atoms with Crippen LogP contribution in [0.15, 0.2) is 18.2 Å². The van der Waals surface area contributed by atoms with Crippen molar-refractivity contribution in [1.29, 1.82) is 0 Å². The third-order valence-corrected chi connectivity index (χ3v) is 4.15. The predicted molar refractivity (Wildman–Crippen MR) is 73.3 cm³/mol. The lowest BCUT2D eigenvalue weighted by Crippen LogP contribution is -2.21. The van der Waals surface area contributed by atoms with Crippen LogP contribution in [0.1, 0.15) is 24.8 Å². The number of amides is 1. The summed E-state index contributed by atoms with van der Waals surface area (Å²) in [4.78, 5) is 12.1. The van der Waals surface area contributed by atoms with Gasteiger partial charge in [-0.15, -0.1) is 0 Å². The van der Waals surface area contributed by atoms with E-state index in [0.29, 0.717) is 5.69 Å². The lowest BCUT2D eigenvalue weighted by Gasteiger charge is -2.12. The van der Waals surface area contributed by atoms with Gasteiger partial charge < -0.3 is 10.4 Å². The van der Waals surface area contributed by atoms with Gasteiger partial charge >= 0.3 is 0 Å². The molecular formula is C16H16FNO2. The lowest BCUT2D eigenvalue weighted by molar-refractivity contribution is -0.120. The highest BCUT2D eigenvalue weighted by Gasteiger charge is 2.47. The van der Waals surface area contributed by atoms with Gasteiger partial charge in [0.15, 0.2) is 0 Å². The fraction of sp³-hybridized carbons (Fsp3) is 0.438. The van der Waals surface area contributed by atoms with Crippen molar-refractivity contribution in [2.75, 3.05) is 11.9 Å². The normalized spacial score (nSPS) is 26.4. The topological polar surface area (TPSA) is 49.3 Å². The van der Waals surface area contributed by atoms with E-state index in [-0.39, 0.29) is 24.0 Å². The van der Waals surface area contributed by atoms with Crippen LogP contribution < -0.4 is 5.32 Å². The van der Waals surface area contributed by atoms with Gasteiger partial charge in [-0.1, -0.05) is 11.8 Å². The zero-order valence-corrected chi connectivity index (χ0v) is 11.0. The van der Waals surface area contributed by atoms with Crippen molar-refractivity contribution >= 4 is 11.6 Å². The van der Waals surface area contributed by atoms with E-state index in [0.717, 1.165) is 24.7 Å². The van der Waals surface area contributed by atoms with E-state index in [9.17, 15) is 9.18 Å². The summed E-state index contributed by atoms with van der Waals surface area (Å²) in [6, 6.07) is 4.42. The highest BCUT2D eigenvalue weighted by molar-refractivity contribution is 5.92. The van der Waals surface area contributed by atoms with Gasteiger partial charge in [0, 0.05) is 11.6 Å². The molecule has 2 N–H and O–H groups in total. The van der Waals surface area contributed by atoms with Crippen LogP contribution in [0.3, 0.4) is 0 Å². The number of fused-ring (bicyclic) bond motifs is 1. The molecule has 2 aliphatic rings. The van der Waals surface area contributed by atoms with Crippen molar-refractivity contribution in [3.63, 3.8) is 0 Å². The monoisotopic (exact) mass is 273 g/mol. The molecule has 0 radical (unpaired) electrons. The number of carbonyl (C=O) groups is 1. The molecule has 20 heavy (non-hydrogen) atoms. The zero-order chi connectivity index (χ0) is 14.1. The van der Waals surface area contributed by atoms with E-state index < -0.39 is 5.82 Å². The number of rotatable bonds is 2. The molecule has 2 saturated carbocycles. The first-order valence-corrected chi connectivity index (χ1v) is 6.87. The van der Waals surface area contributed by atoms with E-state index in [2.05, 4.69) is 17.2 Å². The minimum Gasteiger partial charge on any atom is -0.384 e. The molecule has 3 nitrogen and oxygen atoms in total. The number of benzene rings is 1. The first-order valence-electron chi connectivity index (χ1n) is 6.87. The van der Waals surface area contributed by atoms with Crippen LogP contribution in [0.4, 0.5) is 10.1 Å². The highest BCUT2D eigenvalue weighted by Crippen LogP contribution is 2.54. The molecule has 1 amide bonds. The number of anilines is 1. The Kier molecular flexibility index (Phi) is 3.45. The number of nitrogens with one attached hydrogen (secondary N) is 1. The molecule has 104 valence electrons. The predicted octanol–water partition coefficient (Wildman–Crippen LogP) is 2.15. The standard InChI is InChI=1S/C16H16FNO2/c17-15-9-14(4-3-10(15)2-1-5-19)18-16(20)13-7-11-6-12(11)8-13/h3-4,9,11-13,19H,5-8H2,(H,18,20). The summed E-state index contributed by atoms with van der Waals surface area (Å²) in [5, 5.41) is 11.4. The largest absolute Gasteiger partial charge is 0.384 e. The third-order valence-electron chi connectivity index (χ3n) is 4.15. The van der Waals surface area contributed by atoms with Gasteiger partial charge in [-0.05, 0) is 49.3 Å². The third kappa shape index (κ3) is 2.68. The molecule has 0 spiro atoms. The van der Waals surface area contributed by atoms with Crippen LogP contribution >= 0.6 is 0 Å². The molecule has 0 heterocycles. The summed E-state index contributed by atoms with van der Waals surface area (Å²) >= 11 is 0. The van der Waals surface area contributed by atoms with Gasteiger partial charge in [-0.2, -0.15) is 0 Å². The van der Waals surface area contributed by atoms with Gasteiger partial charge in [0.1, 0.15) is 12.4 Å². The fourth-order valence-corrected chi connectivity index (χ4v) is 3.00. The van der Waals surface area contributed by atoms with Crippen LogP contribution in [0.25, 0.3) is 0 Å². The van der Waals surface area contributed by atoms with Crippen LogP contribution in [0.2, 0.25) is 0 Å². The number of hydrogen-bond acceptors (Lipinski definition) is 2. The van der Waals surface area contributed by atoms with Crippen molar-refractivity contribution in [3.8, 4) is 11.8 Å². The van der Waals surface area contributed by atoms with Crippen LogP contribution in [-0.2, 0) is 4.79 Å². The second-order valence-corrected chi connectivity index (χ2v) is 5.57. The Hall–Kier alpha value is -1.86. The summed E-state index contributed by atoms with van der Waals surface area (Å²) in [6.45, 7) is -0.304. The van der Waals surface area contributed by atoms with E-state index in [1.165, 1.54) is 18.6 Å². The molecule has 0 bridgehead atoms. The minimum absolute atomic E-state index is 0.00853. The molecule has 0 aliphatic heterocycles. The SMILES string of the molecule is O=C(Nc1ccc(C#CCO)c(F)c1)C1CC2CC2C1. The lowest BCUT2D eigenvalue weighted by atomic mass is 10.0. The second kappa shape index (κ2) is 5.26. The van der Waals surface area contributed by atoms with E-state index in [1.807, 2.05) is 0 Å². The molecule has 0 saturated heterocycles. The van der Waals surface area contributed by atoms with Gasteiger partial charge in [0.2, 0.25) is 5.91 Å². The smallest absolute Gasteiger partial charge is 0.227 e. The Morgan fingerprint density at radius 2 is 2.10 bits per heavy atom. The fourth-order valence-electron chi connectivity index (χ4n) is 3.00. The Balaban J connectivity index is 1.65. The van der Waals surface area contributed by atoms with Crippen LogP contribution in [0.5, 0.6) is 0 Å². The van der Waals surface area contributed by atoms with Crippen LogP contribution in [-0.4, -0.2) is 17.6 Å². The van der Waals surface area contributed by atoms with Crippen molar-refractivity contribution in [2.24, 2.45) is 17.8 Å². The average Bonchev–Trinajstić information content (AvgIpc) is 3.04. The molecule has 0 aromatic heterocycles. The molecular weight excluding hydrogens is 257 g/mol. The van der Waals surface area contributed by atoms with Crippen molar-refractivity contribution in [2.45, 2.75) is 19.3 Å². The molecule has 1 aromatic rings. The summed E-state index contributed by atoms with van der Waals surface area (Å²) in [6.07, 6.45) is 3.22. The molecule has 2 unspecified atom stereocenters. The van der Waals surface area contributed by atoms with Crippen molar-refractivity contribution in [1.82, 2.24) is 0 Å². The first-order chi connectivity index (χ1) is 9.67. The maximum absolute atomic E-state index is 13.7. The average molecular weight is 273 g/mol. The molecule has 4 heteroatoms. The maximum Gasteiger partial charge on any atom is 0.227 e. The Labute approximate surface area is 117 Å². The molecule has 2 fully saturated rings. The van der Waals surface area contributed by atoms with Gasteiger partial charge in [0.25, 0.3) is 0 Å². The molecule has 1 aromatic carbocycles. The molecule has 3 rings (SSSR count). The molecule has 2 aliphatic carbocycles. The summed E-state index contributed by atoms with van der Waals surface area (Å²) in [5.74, 6) is 6.00. The Morgan fingerprint density at radius 3 is 2.75 bits per heavy atom. The van der Waals surface area contributed by atoms with E-state index >= 15 is 0 Å². The van der Waals surface area contributed by atoms with Gasteiger partial charge in [-0.25, -0.2) is 4.39 Å². The van der Waals surface area contributed by atoms with Crippen LogP contribution in [0, 0.1) is 35.4 Å². The number of halogens is 1. The zero-order valence-electron chi connectivity index (χ0n) is 11.0. The van der Waals surface area contributed by atoms with Crippen molar-refractivity contribution in [3.05, 3.63) is 29.6 Å². The summed E-state index contributed by atoms with van der Waals surface area (Å²) in [5.41, 5.74) is 0.682. The first kappa shape index (κ1) is 13.1. The van der Waals surface area contributed by atoms with E-state index in [4.69, 9.17) is 5.11 Å². The quantitative estimate of drug-likeness (QED) is 0.811. The number of aliphatic hydroxyl groups is 1. The minimum atomic E-state index is -0.488. The Bertz CT molecular complexity index is 592. The van der Waals surface area contributed by atoms with Gasteiger partial charge in [0.05, 0.1) is 5.56 Å². The highest BCUT2D eigenvalue weighted by atomic mass is 19.1. The Morgan fingerprint density at radius 1 is 1.35 bits per heavy atom.